The second kappa shape index (κ2) is 5.99. The van der Waals surface area contributed by atoms with E-state index in [1.165, 1.54) is 6.42 Å². The van der Waals surface area contributed by atoms with Crippen LogP contribution in [0.1, 0.15) is 30.6 Å². The monoisotopic (exact) mass is 301 g/mol. The molecule has 3 amide bonds. The van der Waals surface area contributed by atoms with Gasteiger partial charge in [-0.2, -0.15) is 0 Å². The summed E-state index contributed by atoms with van der Waals surface area (Å²) in [6.45, 7) is 7.41. The van der Waals surface area contributed by atoms with E-state index in [4.69, 9.17) is 0 Å². The fraction of sp³-hybridized carbons (Fsp3) is 0.529. The lowest BCUT2D eigenvalue weighted by atomic mass is 9.91. The molecule has 0 aromatic heterocycles. The molecule has 2 atom stereocenters. The zero-order valence-electron chi connectivity index (χ0n) is 13.2. The van der Waals surface area contributed by atoms with Crippen LogP contribution in [0.15, 0.2) is 24.3 Å². The molecule has 2 heterocycles. The van der Waals surface area contributed by atoms with Gasteiger partial charge >= 0.3 is 6.03 Å². The molecule has 0 aliphatic carbocycles. The van der Waals surface area contributed by atoms with Crippen LogP contribution < -0.4 is 10.2 Å². The molecule has 2 fully saturated rings. The summed E-state index contributed by atoms with van der Waals surface area (Å²) in [5.74, 6) is 1.20. The first-order valence-electron chi connectivity index (χ1n) is 7.99. The molecule has 2 aliphatic rings. The summed E-state index contributed by atoms with van der Waals surface area (Å²) in [4.78, 5) is 27.9. The molecule has 1 aromatic rings. The SMILES string of the molecule is CC1CC(C)CN(C(=O)c2ccc(N3CCNC3=O)cc2)C1. The Balaban J connectivity index is 1.72. The number of hydrogen-bond donors (Lipinski definition) is 1. The van der Waals surface area contributed by atoms with Crippen molar-refractivity contribution >= 4 is 17.6 Å². The van der Waals surface area contributed by atoms with Gasteiger partial charge in [0.25, 0.3) is 5.91 Å². The number of carbonyl (C=O) groups is 2. The first-order chi connectivity index (χ1) is 10.5. The summed E-state index contributed by atoms with van der Waals surface area (Å²) >= 11 is 0. The van der Waals surface area contributed by atoms with Gasteiger partial charge in [0.05, 0.1) is 0 Å². The molecule has 118 valence electrons. The number of hydrogen-bond acceptors (Lipinski definition) is 2. The van der Waals surface area contributed by atoms with Crippen LogP contribution in [-0.4, -0.2) is 43.0 Å². The quantitative estimate of drug-likeness (QED) is 0.911. The second-order valence-electron chi connectivity index (χ2n) is 6.59. The van der Waals surface area contributed by atoms with Crippen LogP contribution in [0.4, 0.5) is 10.5 Å². The highest BCUT2D eigenvalue weighted by Gasteiger charge is 2.26. The Bertz CT molecular complexity index is 560. The Labute approximate surface area is 131 Å². The van der Waals surface area contributed by atoms with Gasteiger partial charge in [-0.25, -0.2) is 4.79 Å². The highest BCUT2D eigenvalue weighted by Crippen LogP contribution is 2.23. The average Bonchev–Trinajstić information content (AvgIpc) is 2.92. The van der Waals surface area contributed by atoms with Crippen LogP contribution in [0.5, 0.6) is 0 Å². The number of urea groups is 1. The topological polar surface area (TPSA) is 52.7 Å². The Morgan fingerprint density at radius 2 is 1.77 bits per heavy atom. The van der Waals surface area contributed by atoms with Crippen molar-refractivity contribution in [3.05, 3.63) is 29.8 Å². The number of rotatable bonds is 2. The van der Waals surface area contributed by atoms with Crippen LogP contribution in [-0.2, 0) is 0 Å². The number of piperidine rings is 1. The summed E-state index contributed by atoms with van der Waals surface area (Å²) in [5.41, 5.74) is 1.54. The van der Waals surface area contributed by atoms with E-state index in [0.717, 1.165) is 18.8 Å². The second-order valence-corrected chi connectivity index (χ2v) is 6.59. The molecule has 5 heteroatoms. The molecule has 0 bridgehead atoms. The summed E-state index contributed by atoms with van der Waals surface area (Å²) < 4.78 is 0. The minimum absolute atomic E-state index is 0.0715. The van der Waals surface area contributed by atoms with Crippen molar-refractivity contribution in [1.29, 1.82) is 0 Å². The molecule has 2 saturated heterocycles. The largest absolute Gasteiger partial charge is 0.338 e. The van der Waals surface area contributed by atoms with Gasteiger partial charge in [-0.15, -0.1) is 0 Å². The van der Waals surface area contributed by atoms with E-state index in [1.54, 1.807) is 4.90 Å². The third-order valence-electron chi connectivity index (χ3n) is 4.44. The highest BCUT2D eigenvalue weighted by molar-refractivity contribution is 5.97. The van der Waals surface area contributed by atoms with Gasteiger partial charge in [0.15, 0.2) is 0 Å². The molecule has 22 heavy (non-hydrogen) atoms. The van der Waals surface area contributed by atoms with E-state index in [0.29, 0.717) is 30.5 Å². The number of carbonyl (C=O) groups excluding carboxylic acids is 2. The maximum atomic E-state index is 12.6. The Hall–Kier alpha value is -2.04. The standard InChI is InChI=1S/C17H23N3O2/c1-12-9-13(2)11-19(10-12)16(21)14-3-5-15(6-4-14)20-8-7-18-17(20)22/h3-6,12-13H,7-11H2,1-2H3,(H,18,22). The lowest BCUT2D eigenvalue weighted by Gasteiger charge is -2.35. The van der Waals surface area contributed by atoms with Gasteiger partial charge in [-0.3, -0.25) is 9.69 Å². The lowest BCUT2D eigenvalue weighted by Crippen LogP contribution is -2.42. The zero-order chi connectivity index (χ0) is 15.7. The van der Waals surface area contributed by atoms with Crippen LogP contribution in [0.25, 0.3) is 0 Å². The molecule has 1 N–H and O–H groups in total. The van der Waals surface area contributed by atoms with Crippen LogP contribution in [0.2, 0.25) is 0 Å². The number of amides is 3. The molecule has 1 aromatic carbocycles. The smallest absolute Gasteiger partial charge is 0.321 e. The van der Waals surface area contributed by atoms with Gasteiger partial charge in [0, 0.05) is 37.4 Å². The van der Waals surface area contributed by atoms with Crippen molar-refractivity contribution in [3.8, 4) is 0 Å². The van der Waals surface area contributed by atoms with E-state index >= 15 is 0 Å². The maximum absolute atomic E-state index is 12.6. The van der Waals surface area contributed by atoms with Gasteiger partial charge in [0.1, 0.15) is 0 Å². The first kappa shape index (κ1) is 14.9. The van der Waals surface area contributed by atoms with Crippen molar-refractivity contribution in [3.63, 3.8) is 0 Å². The number of nitrogens with one attached hydrogen (secondary N) is 1. The minimum atomic E-state index is -0.0715. The third-order valence-corrected chi connectivity index (χ3v) is 4.44. The maximum Gasteiger partial charge on any atom is 0.321 e. The van der Waals surface area contributed by atoms with E-state index in [9.17, 15) is 9.59 Å². The van der Waals surface area contributed by atoms with Crippen molar-refractivity contribution < 1.29 is 9.59 Å². The lowest BCUT2D eigenvalue weighted by molar-refractivity contribution is 0.0623. The molecule has 3 rings (SSSR count). The summed E-state index contributed by atoms with van der Waals surface area (Å²) in [6, 6.07) is 7.29. The van der Waals surface area contributed by atoms with Crippen LogP contribution in [0, 0.1) is 11.8 Å². The molecule has 5 nitrogen and oxygen atoms in total. The fourth-order valence-electron chi connectivity index (χ4n) is 3.51. The molecule has 0 radical (unpaired) electrons. The van der Waals surface area contributed by atoms with Crippen molar-refractivity contribution in [2.75, 3.05) is 31.1 Å². The molecule has 0 saturated carbocycles. The number of anilines is 1. The summed E-state index contributed by atoms with van der Waals surface area (Å²) in [5, 5.41) is 2.78. The normalized spacial score (nSPS) is 25.3. The Morgan fingerprint density at radius 1 is 1.14 bits per heavy atom. The predicted molar refractivity (Wildman–Crippen MR) is 86.0 cm³/mol. The Morgan fingerprint density at radius 3 is 2.32 bits per heavy atom. The molecular formula is C17H23N3O2. The average molecular weight is 301 g/mol. The van der Waals surface area contributed by atoms with E-state index in [1.807, 2.05) is 29.2 Å². The van der Waals surface area contributed by atoms with Gasteiger partial charge < -0.3 is 10.2 Å². The first-order valence-corrected chi connectivity index (χ1v) is 7.99. The number of likely N-dealkylation sites (tertiary alicyclic amines) is 1. The minimum Gasteiger partial charge on any atom is -0.338 e. The molecule has 2 aliphatic heterocycles. The van der Waals surface area contributed by atoms with Crippen molar-refractivity contribution in [2.24, 2.45) is 11.8 Å². The van der Waals surface area contributed by atoms with Crippen molar-refractivity contribution in [2.45, 2.75) is 20.3 Å². The van der Waals surface area contributed by atoms with Crippen molar-refractivity contribution in [1.82, 2.24) is 10.2 Å². The van der Waals surface area contributed by atoms with Gasteiger partial charge in [-0.05, 0) is 42.5 Å². The van der Waals surface area contributed by atoms with Crippen LogP contribution >= 0.6 is 0 Å². The summed E-state index contributed by atoms with van der Waals surface area (Å²) in [6.07, 6.45) is 1.19. The zero-order valence-corrected chi connectivity index (χ0v) is 13.2. The highest BCUT2D eigenvalue weighted by atomic mass is 16.2. The molecule has 2 unspecified atom stereocenters. The molecular weight excluding hydrogens is 278 g/mol. The fourth-order valence-corrected chi connectivity index (χ4v) is 3.51. The summed E-state index contributed by atoms with van der Waals surface area (Å²) in [7, 11) is 0. The number of nitrogens with zero attached hydrogens (tertiary/aromatic N) is 2. The van der Waals surface area contributed by atoms with E-state index < -0.39 is 0 Å². The van der Waals surface area contributed by atoms with Crippen LogP contribution in [0.3, 0.4) is 0 Å². The van der Waals surface area contributed by atoms with E-state index in [2.05, 4.69) is 19.2 Å². The van der Waals surface area contributed by atoms with E-state index in [-0.39, 0.29) is 11.9 Å². The third kappa shape index (κ3) is 2.93. The molecule has 0 spiro atoms. The van der Waals surface area contributed by atoms with Gasteiger partial charge in [0.2, 0.25) is 0 Å². The Kier molecular flexibility index (Phi) is 4.05. The predicted octanol–water partition coefficient (Wildman–Crippen LogP) is 2.33. The number of benzene rings is 1. The van der Waals surface area contributed by atoms with Gasteiger partial charge in [-0.1, -0.05) is 13.8 Å².